The Labute approximate surface area is 137 Å². The molecule has 1 spiro atoms. The second kappa shape index (κ2) is 6.49. The number of amides is 1. The number of aliphatic hydroxyl groups excluding tert-OH is 1. The van der Waals surface area contributed by atoms with E-state index >= 15 is 0 Å². The molecule has 2 atom stereocenters. The molecule has 1 amide bonds. The lowest BCUT2D eigenvalue weighted by molar-refractivity contribution is -0.202. The third-order valence-corrected chi connectivity index (χ3v) is 5.52. The third-order valence-electron chi connectivity index (χ3n) is 5.52. The average molecular weight is 319 g/mol. The van der Waals surface area contributed by atoms with Gasteiger partial charge in [0, 0.05) is 32.0 Å². The molecule has 5 nitrogen and oxygen atoms in total. The number of nitrogens with zero attached hydrogens (tertiary/aromatic N) is 1. The van der Waals surface area contributed by atoms with Gasteiger partial charge in [-0.1, -0.05) is 18.2 Å². The zero-order chi connectivity index (χ0) is 16.4. The van der Waals surface area contributed by atoms with Gasteiger partial charge in [-0.3, -0.25) is 4.79 Å². The van der Waals surface area contributed by atoms with E-state index in [2.05, 4.69) is 0 Å². The molecule has 1 saturated carbocycles. The molecule has 23 heavy (non-hydrogen) atoms. The molecule has 0 aromatic heterocycles. The molecule has 2 unspecified atom stereocenters. The summed E-state index contributed by atoms with van der Waals surface area (Å²) in [5, 5.41) is 10.1. The molecule has 1 aliphatic carbocycles. The Morgan fingerprint density at radius 1 is 1.35 bits per heavy atom. The van der Waals surface area contributed by atoms with Crippen LogP contribution in [0.3, 0.4) is 0 Å². The SMILES string of the molecule is COC1CC(O)C12CCN(C(=O)COc1ccccc1C)CC2. The van der Waals surface area contributed by atoms with Crippen LogP contribution in [0.1, 0.15) is 24.8 Å². The maximum atomic E-state index is 12.3. The van der Waals surface area contributed by atoms with E-state index in [0.717, 1.165) is 24.2 Å². The fourth-order valence-electron chi connectivity index (χ4n) is 3.83. The van der Waals surface area contributed by atoms with Crippen molar-refractivity contribution < 1.29 is 19.4 Å². The highest BCUT2D eigenvalue weighted by Gasteiger charge is 2.56. The molecule has 5 heteroatoms. The monoisotopic (exact) mass is 319 g/mol. The number of para-hydroxylation sites is 1. The van der Waals surface area contributed by atoms with Crippen LogP contribution < -0.4 is 4.74 Å². The Balaban J connectivity index is 1.52. The molecular weight excluding hydrogens is 294 g/mol. The minimum atomic E-state index is -0.298. The van der Waals surface area contributed by atoms with Crippen molar-refractivity contribution in [3.8, 4) is 5.75 Å². The van der Waals surface area contributed by atoms with E-state index in [-0.39, 0.29) is 30.1 Å². The van der Waals surface area contributed by atoms with Crippen molar-refractivity contribution in [2.45, 2.75) is 38.4 Å². The summed E-state index contributed by atoms with van der Waals surface area (Å²) in [5.41, 5.74) is 0.876. The predicted molar refractivity (Wildman–Crippen MR) is 86.3 cm³/mol. The minimum Gasteiger partial charge on any atom is -0.484 e. The van der Waals surface area contributed by atoms with Crippen molar-refractivity contribution in [2.24, 2.45) is 5.41 Å². The van der Waals surface area contributed by atoms with E-state index in [1.54, 1.807) is 7.11 Å². The Morgan fingerprint density at radius 2 is 2.04 bits per heavy atom. The van der Waals surface area contributed by atoms with Gasteiger partial charge in [0.1, 0.15) is 5.75 Å². The Bertz CT molecular complexity index is 566. The highest BCUT2D eigenvalue weighted by Crippen LogP contribution is 2.50. The zero-order valence-corrected chi connectivity index (χ0v) is 13.8. The quantitative estimate of drug-likeness (QED) is 0.919. The largest absolute Gasteiger partial charge is 0.484 e. The van der Waals surface area contributed by atoms with Gasteiger partial charge in [0.2, 0.25) is 0 Å². The average Bonchev–Trinajstić information content (AvgIpc) is 2.58. The zero-order valence-electron chi connectivity index (χ0n) is 13.8. The second-order valence-corrected chi connectivity index (χ2v) is 6.64. The molecule has 126 valence electrons. The maximum Gasteiger partial charge on any atom is 0.260 e. The van der Waals surface area contributed by atoms with E-state index in [1.807, 2.05) is 36.1 Å². The fourth-order valence-corrected chi connectivity index (χ4v) is 3.83. The highest BCUT2D eigenvalue weighted by molar-refractivity contribution is 5.78. The predicted octanol–water partition coefficient (Wildman–Crippen LogP) is 1.76. The van der Waals surface area contributed by atoms with Crippen molar-refractivity contribution in [3.05, 3.63) is 29.8 Å². The number of benzene rings is 1. The van der Waals surface area contributed by atoms with Gasteiger partial charge in [0.25, 0.3) is 5.91 Å². The van der Waals surface area contributed by atoms with Gasteiger partial charge >= 0.3 is 0 Å². The van der Waals surface area contributed by atoms with E-state index in [4.69, 9.17) is 9.47 Å². The summed E-state index contributed by atoms with van der Waals surface area (Å²) >= 11 is 0. The Kier molecular flexibility index (Phi) is 4.60. The van der Waals surface area contributed by atoms with Crippen molar-refractivity contribution >= 4 is 5.91 Å². The van der Waals surface area contributed by atoms with Crippen LogP contribution in [-0.2, 0) is 9.53 Å². The van der Waals surface area contributed by atoms with Gasteiger partial charge in [-0.2, -0.15) is 0 Å². The second-order valence-electron chi connectivity index (χ2n) is 6.64. The van der Waals surface area contributed by atoms with Crippen LogP contribution in [0.25, 0.3) is 0 Å². The molecule has 1 aromatic rings. The Hall–Kier alpha value is -1.59. The molecule has 1 saturated heterocycles. The van der Waals surface area contributed by atoms with Crippen molar-refractivity contribution in [3.63, 3.8) is 0 Å². The van der Waals surface area contributed by atoms with Crippen LogP contribution in [-0.4, -0.2) is 54.9 Å². The molecule has 0 bridgehead atoms. The van der Waals surface area contributed by atoms with Gasteiger partial charge in [-0.15, -0.1) is 0 Å². The topological polar surface area (TPSA) is 59.0 Å². The standard InChI is InChI=1S/C18H25NO4/c1-13-5-3-4-6-14(13)23-12-17(21)19-9-7-18(8-10-19)15(20)11-16(18)22-2/h3-6,15-16,20H,7-12H2,1-2H3. The minimum absolute atomic E-state index is 0.00545. The Morgan fingerprint density at radius 3 is 2.65 bits per heavy atom. The molecule has 3 rings (SSSR count). The first-order chi connectivity index (χ1) is 11.1. The number of likely N-dealkylation sites (tertiary alicyclic amines) is 1. The van der Waals surface area contributed by atoms with Gasteiger partial charge in [0.15, 0.2) is 6.61 Å². The van der Waals surface area contributed by atoms with Crippen LogP contribution in [0.5, 0.6) is 5.75 Å². The number of carbonyl (C=O) groups excluding carboxylic acids is 1. The number of aliphatic hydroxyl groups is 1. The van der Waals surface area contributed by atoms with Crippen molar-refractivity contribution in [2.75, 3.05) is 26.8 Å². The summed E-state index contributed by atoms with van der Waals surface area (Å²) in [5.74, 6) is 0.758. The van der Waals surface area contributed by atoms with Gasteiger partial charge in [-0.05, 0) is 31.4 Å². The summed E-state index contributed by atoms with van der Waals surface area (Å²) < 4.78 is 11.1. The summed E-state index contributed by atoms with van der Waals surface area (Å²) in [6.45, 7) is 3.35. The molecule has 1 aromatic carbocycles. The van der Waals surface area contributed by atoms with Gasteiger partial charge < -0.3 is 19.5 Å². The number of aryl methyl sites for hydroxylation is 1. The first-order valence-corrected chi connectivity index (χ1v) is 8.24. The maximum absolute atomic E-state index is 12.3. The number of rotatable bonds is 4. The van der Waals surface area contributed by atoms with Crippen LogP contribution in [0, 0.1) is 12.3 Å². The smallest absolute Gasteiger partial charge is 0.260 e. The lowest BCUT2D eigenvalue weighted by atomic mass is 9.58. The summed E-state index contributed by atoms with van der Waals surface area (Å²) in [6, 6.07) is 7.69. The molecule has 1 N–H and O–H groups in total. The normalized spacial score (nSPS) is 26.0. The summed E-state index contributed by atoms with van der Waals surface area (Å²) in [4.78, 5) is 14.2. The molecule has 2 fully saturated rings. The third kappa shape index (κ3) is 2.95. The van der Waals surface area contributed by atoms with E-state index in [1.165, 1.54) is 0 Å². The number of ether oxygens (including phenoxy) is 2. The van der Waals surface area contributed by atoms with Gasteiger partial charge in [0.05, 0.1) is 12.2 Å². The number of hydrogen-bond acceptors (Lipinski definition) is 4. The van der Waals surface area contributed by atoms with E-state index in [0.29, 0.717) is 19.5 Å². The van der Waals surface area contributed by atoms with Gasteiger partial charge in [-0.25, -0.2) is 0 Å². The lowest BCUT2D eigenvalue weighted by Gasteiger charge is -2.56. The van der Waals surface area contributed by atoms with E-state index in [9.17, 15) is 9.90 Å². The molecule has 1 heterocycles. The number of piperidine rings is 1. The van der Waals surface area contributed by atoms with E-state index < -0.39 is 0 Å². The molecule has 1 aliphatic heterocycles. The molecule has 0 radical (unpaired) electrons. The first-order valence-electron chi connectivity index (χ1n) is 8.24. The number of hydrogen-bond donors (Lipinski definition) is 1. The number of carbonyl (C=O) groups is 1. The summed E-state index contributed by atoms with van der Waals surface area (Å²) in [7, 11) is 1.70. The highest BCUT2D eigenvalue weighted by atomic mass is 16.5. The molecule has 2 aliphatic rings. The van der Waals surface area contributed by atoms with Crippen LogP contribution in [0.15, 0.2) is 24.3 Å². The lowest BCUT2D eigenvalue weighted by Crippen LogP contribution is -2.62. The number of methoxy groups -OCH3 is 1. The summed E-state index contributed by atoms with van der Waals surface area (Å²) in [6.07, 6.45) is 2.12. The van der Waals surface area contributed by atoms with Crippen LogP contribution >= 0.6 is 0 Å². The first kappa shape index (κ1) is 16.3. The van der Waals surface area contributed by atoms with Crippen LogP contribution in [0.2, 0.25) is 0 Å². The molecular formula is C18H25NO4. The fraction of sp³-hybridized carbons (Fsp3) is 0.611. The van der Waals surface area contributed by atoms with Crippen molar-refractivity contribution in [1.82, 2.24) is 4.90 Å². The van der Waals surface area contributed by atoms with Crippen LogP contribution in [0.4, 0.5) is 0 Å². The van der Waals surface area contributed by atoms with Crippen molar-refractivity contribution in [1.29, 1.82) is 0 Å².